The second-order valence-electron chi connectivity index (χ2n) is 5.88. The number of hydrogen-bond acceptors (Lipinski definition) is 6. The molecule has 0 aliphatic rings. The molecule has 2 aromatic rings. The molecule has 144 valence electrons. The minimum Gasteiger partial charge on any atom is -0.483 e. The molecule has 0 saturated carbocycles. The Morgan fingerprint density at radius 1 is 1.15 bits per heavy atom. The van der Waals surface area contributed by atoms with Crippen LogP contribution >= 0.6 is 11.3 Å². The van der Waals surface area contributed by atoms with Crippen LogP contribution in [-0.2, 0) is 9.53 Å². The highest BCUT2D eigenvalue weighted by Crippen LogP contribution is 2.33. The Balaban J connectivity index is 2.19. The lowest BCUT2D eigenvalue weighted by atomic mass is 10.1. The van der Waals surface area contributed by atoms with Gasteiger partial charge in [-0.3, -0.25) is 9.59 Å². The van der Waals surface area contributed by atoms with E-state index in [9.17, 15) is 14.4 Å². The third kappa shape index (κ3) is 4.65. The number of primary amides is 1. The maximum absolute atomic E-state index is 12.3. The molecule has 0 radical (unpaired) electrons. The normalized spacial score (nSPS) is 10.4. The largest absolute Gasteiger partial charge is 0.483 e. The number of amides is 2. The second-order valence-corrected chi connectivity index (χ2v) is 6.90. The molecule has 27 heavy (non-hydrogen) atoms. The van der Waals surface area contributed by atoms with Crippen molar-refractivity contribution in [3.8, 4) is 5.75 Å². The van der Waals surface area contributed by atoms with Crippen molar-refractivity contribution < 1.29 is 23.9 Å². The number of rotatable bonds is 7. The fraction of sp³-hybridized carbons (Fsp3) is 0.316. The number of aryl methyl sites for hydroxylation is 1. The summed E-state index contributed by atoms with van der Waals surface area (Å²) in [5, 5.41) is 2.83. The predicted octanol–water partition coefficient (Wildman–Crippen LogP) is 2.97. The van der Waals surface area contributed by atoms with E-state index in [-0.39, 0.29) is 28.7 Å². The molecule has 0 unspecified atom stereocenters. The number of carbonyl (C=O) groups is 3. The monoisotopic (exact) mass is 390 g/mol. The van der Waals surface area contributed by atoms with Crippen LogP contribution in [0.1, 0.15) is 43.6 Å². The molecule has 1 heterocycles. The van der Waals surface area contributed by atoms with Crippen LogP contribution in [0.3, 0.4) is 0 Å². The van der Waals surface area contributed by atoms with Crippen molar-refractivity contribution in [1.82, 2.24) is 0 Å². The van der Waals surface area contributed by atoms with Gasteiger partial charge in [0.15, 0.2) is 6.61 Å². The predicted molar refractivity (Wildman–Crippen MR) is 104 cm³/mol. The number of ether oxygens (including phenoxy) is 2. The first-order valence-electron chi connectivity index (χ1n) is 8.35. The van der Waals surface area contributed by atoms with E-state index < -0.39 is 17.8 Å². The number of anilines is 1. The maximum atomic E-state index is 12.3. The number of carbonyl (C=O) groups excluding carboxylic acids is 3. The van der Waals surface area contributed by atoms with Gasteiger partial charge in [0, 0.05) is 0 Å². The first kappa shape index (κ1) is 20.4. The van der Waals surface area contributed by atoms with Gasteiger partial charge in [-0.05, 0) is 50.5 Å². The minimum absolute atomic E-state index is 0.135. The lowest BCUT2D eigenvalue weighted by Crippen LogP contribution is -2.21. The van der Waals surface area contributed by atoms with Gasteiger partial charge in [-0.15, -0.1) is 11.3 Å². The summed E-state index contributed by atoms with van der Waals surface area (Å²) in [4.78, 5) is 36.3. The zero-order valence-corrected chi connectivity index (χ0v) is 16.5. The lowest BCUT2D eigenvalue weighted by molar-refractivity contribution is -0.118. The first-order chi connectivity index (χ1) is 12.8. The van der Waals surface area contributed by atoms with Crippen molar-refractivity contribution in [3.05, 3.63) is 45.3 Å². The fourth-order valence-corrected chi connectivity index (χ4v) is 3.54. The zero-order valence-electron chi connectivity index (χ0n) is 15.7. The molecule has 0 bridgehead atoms. The number of esters is 1. The van der Waals surface area contributed by atoms with Crippen molar-refractivity contribution >= 4 is 34.1 Å². The van der Waals surface area contributed by atoms with Crippen LogP contribution in [0.5, 0.6) is 5.75 Å². The molecule has 8 heteroatoms. The Kier molecular flexibility index (Phi) is 6.57. The Hall–Kier alpha value is -2.87. The van der Waals surface area contributed by atoms with Crippen LogP contribution in [0.15, 0.2) is 18.2 Å². The summed E-state index contributed by atoms with van der Waals surface area (Å²) >= 11 is 0.941. The topological polar surface area (TPSA) is 108 Å². The van der Waals surface area contributed by atoms with Crippen molar-refractivity contribution in [2.75, 3.05) is 18.5 Å². The van der Waals surface area contributed by atoms with Crippen molar-refractivity contribution in [3.63, 3.8) is 0 Å². The minimum atomic E-state index is -0.671. The molecule has 3 N–H and O–H groups in total. The summed E-state index contributed by atoms with van der Waals surface area (Å²) < 4.78 is 10.6. The number of hydrogen-bond donors (Lipinski definition) is 2. The van der Waals surface area contributed by atoms with Gasteiger partial charge in [-0.1, -0.05) is 12.1 Å². The van der Waals surface area contributed by atoms with Gasteiger partial charge < -0.3 is 20.5 Å². The third-order valence-electron chi connectivity index (χ3n) is 4.02. The smallest absolute Gasteiger partial charge is 0.341 e. The van der Waals surface area contributed by atoms with Gasteiger partial charge >= 0.3 is 5.97 Å². The number of thiophene rings is 1. The van der Waals surface area contributed by atoms with Crippen LogP contribution in [0.2, 0.25) is 0 Å². The van der Waals surface area contributed by atoms with Crippen LogP contribution < -0.4 is 15.8 Å². The summed E-state index contributed by atoms with van der Waals surface area (Å²) in [6.07, 6.45) is 0. The van der Waals surface area contributed by atoms with Crippen LogP contribution in [0.25, 0.3) is 0 Å². The van der Waals surface area contributed by atoms with Crippen LogP contribution in [-0.4, -0.2) is 31.0 Å². The van der Waals surface area contributed by atoms with Crippen molar-refractivity contribution in [1.29, 1.82) is 0 Å². The van der Waals surface area contributed by atoms with Crippen molar-refractivity contribution in [2.45, 2.75) is 27.7 Å². The quantitative estimate of drug-likeness (QED) is 0.707. The highest BCUT2D eigenvalue weighted by molar-refractivity contribution is 7.18. The van der Waals surface area contributed by atoms with Crippen LogP contribution in [0.4, 0.5) is 5.00 Å². The molecule has 0 saturated heterocycles. The number of nitrogens with two attached hydrogens (primary N) is 1. The Bertz CT molecular complexity index is 888. The van der Waals surface area contributed by atoms with E-state index in [4.69, 9.17) is 15.2 Å². The zero-order chi connectivity index (χ0) is 20.1. The molecule has 0 aliphatic carbocycles. The van der Waals surface area contributed by atoms with Gasteiger partial charge in [0.25, 0.3) is 11.8 Å². The van der Waals surface area contributed by atoms with Gasteiger partial charge in [0.05, 0.1) is 17.0 Å². The van der Waals surface area contributed by atoms with E-state index in [2.05, 4.69) is 5.32 Å². The second kappa shape index (κ2) is 8.68. The molecule has 2 rings (SSSR count). The molecular formula is C19H22N2O5S. The van der Waals surface area contributed by atoms with Gasteiger partial charge in [0.2, 0.25) is 0 Å². The van der Waals surface area contributed by atoms with E-state index in [1.807, 2.05) is 26.0 Å². The lowest BCUT2D eigenvalue weighted by Gasteiger charge is -2.11. The highest BCUT2D eigenvalue weighted by atomic mass is 32.1. The number of nitrogens with one attached hydrogen (secondary N) is 1. The molecule has 0 fully saturated rings. The third-order valence-corrected chi connectivity index (χ3v) is 5.24. The van der Waals surface area contributed by atoms with E-state index >= 15 is 0 Å². The van der Waals surface area contributed by atoms with Gasteiger partial charge in [-0.2, -0.15) is 0 Å². The molecule has 0 spiro atoms. The van der Waals surface area contributed by atoms with Gasteiger partial charge in [0.1, 0.15) is 10.8 Å². The summed E-state index contributed by atoms with van der Waals surface area (Å²) in [7, 11) is 0. The summed E-state index contributed by atoms with van der Waals surface area (Å²) in [5.74, 6) is -1.14. The van der Waals surface area contributed by atoms with E-state index in [0.29, 0.717) is 11.3 Å². The summed E-state index contributed by atoms with van der Waals surface area (Å²) in [6.45, 7) is 7.05. The van der Waals surface area contributed by atoms with Crippen LogP contribution in [0, 0.1) is 20.8 Å². The molecule has 1 aromatic carbocycles. The average molecular weight is 390 g/mol. The SMILES string of the molecule is CCOC(=O)c1c(NC(=O)COc2cccc(C)c2C)sc(C(N)=O)c1C. The average Bonchev–Trinajstić information content (AvgIpc) is 2.92. The summed E-state index contributed by atoms with van der Waals surface area (Å²) in [6, 6.07) is 5.57. The summed E-state index contributed by atoms with van der Waals surface area (Å²) in [5.41, 5.74) is 7.87. The van der Waals surface area contributed by atoms with Gasteiger partial charge in [-0.25, -0.2) is 4.79 Å². The van der Waals surface area contributed by atoms with E-state index in [1.54, 1.807) is 19.9 Å². The number of benzene rings is 1. The van der Waals surface area contributed by atoms with Crippen molar-refractivity contribution in [2.24, 2.45) is 5.73 Å². The molecular weight excluding hydrogens is 368 g/mol. The standard InChI is InChI=1S/C19H22N2O5S/c1-5-25-19(24)15-12(4)16(17(20)23)27-18(15)21-14(22)9-26-13-8-6-7-10(2)11(13)3/h6-8H,5,9H2,1-4H3,(H2,20,23)(H,21,22). The first-order valence-corrected chi connectivity index (χ1v) is 9.17. The molecule has 0 aliphatic heterocycles. The Morgan fingerprint density at radius 2 is 1.85 bits per heavy atom. The fourth-order valence-electron chi connectivity index (χ4n) is 2.47. The highest BCUT2D eigenvalue weighted by Gasteiger charge is 2.25. The van der Waals surface area contributed by atoms with E-state index in [0.717, 1.165) is 22.5 Å². The maximum Gasteiger partial charge on any atom is 0.341 e. The Morgan fingerprint density at radius 3 is 2.48 bits per heavy atom. The molecule has 7 nitrogen and oxygen atoms in total. The van der Waals surface area contributed by atoms with E-state index in [1.165, 1.54) is 0 Å². The molecule has 1 aromatic heterocycles. The molecule has 2 amide bonds. The Labute approximate surface area is 161 Å². The molecule has 0 atom stereocenters.